The van der Waals surface area contributed by atoms with Crippen molar-refractivity contribution in [3.63, 3.8) is 0 Å². The number of hydrogen-bond donors (Lipinski definition) is 1. The Balaban J connectivity index is 1.30. The molecule has 0 aliphatic heterocycles. The molecule has 4 aliphatic carbocycles. The molecule has 3 aromatic rings. The van der Waals surface area contributed by atoms with Crippen LogP contribution in [0.15, 0.2) is 41.2 Å². The van der Waals surface area contributed by atoms with Gasteiger partial charge in [-0.1, -0.05) is 5.16 Å². The summed E-state index contributed by atoms with van der Waals surface area (Å²) in [5, 5.41) is 7.53. The van der Waals surface area contributed by atoms with E-state index in [1.54, 1.807) is 6.20 Å². The molecular formula is C24H24FN5O2. The van der Waals surface area contributed by atoms with Crippen LogP contribution in [0.2, 0.25) is 0 Å². The van der Waals surface area contributed by atoms with Crippen LogP contribution in [0.3, 0.4) is 0 Å². The third-order valence-corrected chi connectivity index (χ3v) is 7.45. The number of nitrogens with zero attached hydrogens (tertiary/aromatic N) is 4. The zero-order valence-electron chi connectivity index (χ0n) is 17.8. The van der Waals surface area contributed by atoms with Crippen molar-refractivity contribution in [2.45, 2.75) is 56.4 Å². The van der Waals surface area contributed by atoms with Gasteiger partial charge in [0.05, 0.1) is 11.6 Å². The summed E-state index contributed by atoms with van der Waals surface area (Å²) in [5.41, 5.74) is 1.46. The van der Waals surface area contributed by atoms with Crippen molar-refractivity contribution in [3.05, 3.63) is 59.8 Å². The molecule has 3 heterocycles. The van der Waals surface area contributed by atoms with E-state index in [1.165, 1.54) is 18.6 Å². The zero-order valence-corrected chi connectivity index (χ0v) is 17.8. The summed E-state index contributed by atoms with van der Waals surface area (Å²) in [6.07, 6.45) is 8.69. The van der Waals surface area contributed by atoms with Gasteiger partial charge in [-0.15, -0.1) is 0 Å². The summed E-state index contributed by atoms with van der Waals surface area (Å²) in [5.74, 6) is 1.53. The molecule has 7 nitrogen and oxygen atoms in total. The Morgan fingerprint density at radius 1 is 1.09 bits per heavy atom. The van der Waals surface area contributed by atoms with Gasteiger partial charge in [-0.25, -0.2) is 9.37 Å². The summed E-state index contributed by atoms with van der Waals surface area (Å²) in [7, 11) is 0. The van der Waals surface area contributed by atoms with Crippen LogP contribution in [0.1, 0.15) is 60.6 Å². The first-order valence-electron chi connectivity index (χ1n) is 11.1. The van der Waals surface area contributed by atoms with Crippen molar-refractivity contribution in [2.75, 3.05) is 0 Å². The highest BCUT2D eigenvalue weighted by Gasteiger charge is 2.61. The lowest BCUT2D eigenvalue weighted by Crippen LogP contribution is -2.64. The second kappa shape index (κ2) is 6.92. The number of halogens is 1. The van der Waals surface area contributed by atoms with Gasteiger partial charge in [-0.3, -0.25) is 9.78 Å². The fourth-order valence-electron chi connectivity index (χ4n) is 6.63. The Hall–Kier alpha value is -3.16. The Morgan fingerprint density at radius 3 is 2.59 bits per heavy atom. The van der Waals surface area contributed by atoms with Gasteiger partial charge in [0, 0.05) is 23.0 Å². The van der Waals surface area contributed by atoms with Crippen LogP contribution in [0, 0.1) is 24.6 Å². The number of rotatable bonds is 4. The second-order valence-corrected chi connectivity index (χ2v) is 9.95. The van der Waals surface area contributed by atoms with Crippen molar-refractivity contribution < 1.29 is 13.7 Å². The molecule has 2 atom stereocenters. The first kappa shape index (κ1) is 19.5. The minimum Gasteiger partial charge on any atom is -0.345 e. The maximum Gasteiger partial charge on any atom is 0.270 e. The van der Waals surface area contributed by atoms with Gasteiger partial charge in [0.2, 0.25) is 11.7 Å². The minimum atomic E-state index is -0.453. The number of carbonyl (C=O) groups is 1. The predicted octanol–water partition coefficient (Wildman–Crippen LogP) is 3.99. The van der Waals surface area contributed by atoms with Gasteiger partial charge in [-0.05, 0) is 81.5 Å². The monoisotopic (exact) mass is 433 g/mol. The number of hydrogen-bond acceptors (Lipinski definition) is 6. The lowest BCUT2D eigenvalue weighted by molar-refractivity contribution is -0.0489. The summed E-state index contributed by atoms with van der Waals surface area (Å²) in [4.78, 5) is 26.0. The first-order valence-corrected chi connectivity index (χ1v) is 11.1. The molecule has 164 valence electrons. The number of aryl methyl sites for hydroxylation is 1. The van der Waals surface area contributed by atoms with Crippen molar-refractivity contribution >= 4 is 5.91 Å². The third-order valence-electron chi connectivity index (χ3n) is 7.45. The molecule has 0 aromatic carbocycles. The molecule has 8 heteroatoms. The topological polar surface area (TPSA) is 93.8 Å². The van der Waals surface area contributed by atoms with E-state index < -0.39 is 5.82 Å². The van der Waals surface area contributed by atoms with E-state index in [4.69, 9.17) is 9.51 Å². The normalized spacial score (nSPS) is 30.4. The fraction of sp³-hybridized carbons (Fsp3) is 0.458. The van der Waals surface area contributed by atoms with E-state index in [0.717, 1.165) is 49.6 Å². The molecule has 4 fully saturated rings. The van der Waals surface area contributed by atoms with Crippen molar-refractivity contribution in [1.29, 1.82) is 0 Å². The second-order valence-electron chi connectivity index (χ2n) is 9.95. The van der Waals surface area contributed by atoms with Crippen LogP contribution in [0.25, 0.3) is 11.4 Å². The number of amides is 1. The highest BCUT2D eigenvalue weighted by molar-refractivity contribution is 5.92. The fourth-order valence-corrected chi connectivity index (χ4v) is 6.63. The van der Waals surface area contributed by atoms with Crippen LogP contribution in [-0.2, 0) is 5.41 Å². The molecule has 0 saturated heterocycles. The van der Waals surface area contributed by atoms with E-state index in [0.29, 0.717) is 23.6 Å². The number of pyridine rings is 2. The van der Waals surface area contributed by atoms with Gasteiger partial charge in [0.1, 0.15) is 11.5 Å². The lowest BCUT2D eigenvalue weighted by atomic mass is 9.46. The zero-order chi connectivity index (χ0) is 21.9. The van der Waals surface area contributed by atoms with Gasteiger partial charge in [-0.2, -0.15) is 4.98 Å². The molecule has 32 heavy (non-hydrogen) atoms. The molecule has 1 N–H and O–H groups in total. The number of aromatic nitrogens is 4. The SMILES string of the molecule is Cc1ccc(-c2noc(C34CC5CC(CC(NC(=O)c6ccc(F)cn6)(C5)C3)C4)n2)cn1. The van der Waals surface area contributed by atoms with Crippen molar-refractivity contribution in [1.82, 2.24) is 25.4 Å². The average Bonchev–Trinajstić information content (AvgIpc) is 3.25. The van der Waals surface area contributed by atoms with Crippen LogP contribution in [-0.4, -0.2) is 31.6 Å². The van der Waals surface area contributed by atoms with E-state index in [2.05, 4.69) is 20.4 Å². The molecule has 4 aliphatic rings. The largest absolute Gasteiger partial charge is 0.345 e. The molecule has 4 bridgehead atoms. The van der Waals surface area contributed by atoms with Gasteiger partial charge < -0.3 is 9.84 Å². The molecule has 1 amide bonds. The average molecular weight is 433 g/mol. The van der Waals surface area contributed by atoms with Gasteiger partial charge in [0.15, 0.2) is 0 Å². The lowest BCUT2D eigenvalue weighted by Gasteiger charge is -2.60. The van der Waals surface area contributed by atoms with E-state index in [9.17, 15) is 9.18 Å². The maximum atomic E-state index is 13.2. The van der Waals surface area contributed by atoms with Crippen LogP contribution in [0.5, 0.6) is 0 Å². The Kier molecular flexibility index (Phi) is 4.22. The number of carbonyl (C=O) groups excluding carboxylic acids is 1. The Labute approximate surface area is 184 Å². The minimum absolute atomic E-state index is 0.225. The van der Waals surface area contributed by atoms with E-state index in [-0.39, 0.29) is 22.6 Å². The molecule has 0 spiro atoms. The number of nitrogens with one attached hydrogen (secondary N) is 1. The smallest absolute Gasteiger partial charge is 0.270 e. The predicted molar refractivity (Wildman–Crippen MR) is 113 cm³/mol. The Morgan fingerprint density at radius 2 is 1.91 bits per heavy atom. The van der Waals surface area contributed by atoms with E-state index in [1.807, 2.05) is 19.1 Å². The third kappa shape index (κ3) is 3.20. The molecular weight excluding hydrogens is 409 g/mol. The summed E-state index contributed by atoms with van der Waals surface area (Å²) < 4.78 is 19.1. The highest BCUT2D eigenvalue weighted by atomic mass is 19.1. The van der Waals surface area contributed by atoms with Crippen LogP contribution < -0.4 is 5.32 Å². The van der Waals surface area contributed by atoms with E-state index >= 15 is 0 Å². The quantitative estimate of drug-likeness (QED) is 0.669. The summed E-state index contributed by atoms with van der Waals surface area (Å²) in [6, 6.07) is 6.59. The molecule has 3 aromatic heterocycles. The summed E-state index contributed by atoms with van der Waals surface area (Å²) >= 11 is 0. The standard InChI is InChI=1S/C24H24FN5O2/c1-14-2-3-17(11-26-14)20-28-22(32-30-20)23-7-15-6-16(8-23)10-24(9-15,13-23)29-21(31)19-5-4-18(25)12-27-19/h2-5,11-12,15-16H,6-10,13H2,1H3,(H,29,31). The molecule has 0 radical (unpaired) electrons. The van der Waals surface area contributed by atoms with Crippen molar-refractivity contribution in [3.8, 4) is 11.4 Å². The molecule has 7 rings (SSSR count). The highest BCUT2D eigenvalue weighted by Crippen LogP contribution is 2.62. The summed E-state index contributed by atoms with van der Waals surface area (Å²) in [6.45, 7) is 1.94. The first-order chi connectivity index (χ1) is 15.4. The molecule has 2 unspecified atom stereocenters. The Bertz CT molecular complexity index is 1160. The van der Waals surface area contributed by atoms with Gasteiger partial charge >= 0.3 is 0 Å². The van der Waals surface area contributed by atoms with Crippen LogP contribution >= 0.6 is 0 Å². The van der Waals surface area contributed by atoms with Gasteiger partial charge in [0.25, 0.3) is 5.91 Å². The van der Waals surface area contributed by atoms with Crippen molar-refractivity contribution in [2.24, 2.45) is 11.8 Å². The molecule has 4 saturated carbocycles. The maximum absolute atomic E-state index is 13.2. The van der Waals surface area contributed by atoms with Crippen LogP contribution in [0.4, 0.5) is 4.39 Å².